The topological polar surface area (TPSA) is 27.0 Å². The van der Waals surface area contributed by atoms with Crippen molar-refractivity contribution in [3.8, 4) is 6.07 Å². The van der Waals surface area contributed by atoms with Gasteiger partial charge in [0.2, 0.25) is 0 Å². The lowest BCUT2D eigenvalue weighted by Gasteiger charge is -2.37. The fraction of sp³-hybridized carbons (Fsp3) is 0.917. The van der Waals surface area contributed by atoms with Crippen LogP contribution in [0.4, 0.5) is 0 Å². The fourth-order valence-electron chi connectivity index (χ4n) is 2.41. The Kier molecular flexibility index (Phi) is 4.41. The van der Waals surface area contributed by atoms with E-state index in [1.54, 1.807) is 0 Å². The highest BCUT2D eigenvalue weighted by molar-refractivity contribution is 4.84. The van der Waals surface area contributed by atoms with E-state index in [0.29, 0.717) is 18.5 Å². The monoisotopic (exact) mass is 194 g/mol. The van der Waals surface area contributed by atoms with Gasteiger partial charge < -0.3 is 0 Å². The molecular weight excluding hydrogens is 172 g/mol. The van der Waals surface area contributed by atoms with Crippen molar-refractivity contribution in [2.45, 2.75) is 58.0 Å². The first-order valence-corrected chi connectivity index (χ1v) is 5.74. The minimum atomic E-state index is 0.412. The maximum atomic E-state index is 8.66. The van der Waals surface area contributed by atoms with Crippen LogP contribution in [-0.2, 0) is 0 Å². The molecule has 1 aliphatic carbocycles. The van der Waals surface area contributed by atoms with Gasteiger partial charge in [-0.15, -0.1) is 0 Å². The molecule has 1 saturated carbocycles. The smallest absolute Gasteiger partial charge is 0.0638 e. The minimum absolute atomic E-state index is 0.412. The zero-order valence-corrected chi connectivity index (χ0v) is 9.66. The molecular formula is C12H22N2. The van der Waals surface area contributed by atoms with Crippen molar-refractivity contribution in [2.75, 3.05) is 7.05 Å². The second-order valence-corrected chi connectivity index (χ2v) is 4.80. The normalized spacial score (nSPS) is 29.9. The molecule has 0 aliphatic heterocycles. The predicted octanol–water partition coefficient (Wildman–Crippen LogP) is 2.80. The third-order valence-corrected chi connectivity index (χ3v) is 3.57. The van der Waals surface area contributed by atoms with Gasteiger partial charge in [0, 0.05) is 12.1 Å². The molecule has 80 valence electrons. The Labute approximate surface area is 87.9 Å². The average Bonchev–Trinajstić information content (AvgIpc) is 2.17. The van der Waals surface area contributed by atoms with Crippen molar-refractivity contribution in [3.63, 3.8) is 0 Å². The van der Waals surface area contributed by atoms with Gasteiger partial charge in [-0.05, 0) is 32.7 Å². The van der Waals surface area contributed by atoms with Crippen LogP contribution in [0.5, 0.6) is 0 Å². The fourth-order valence-corrected chi connectivity index (χ4v) is 2.41. The van der Waals surface area contributed by atoms with E-state index in [2.05, 4.69) is 31.9 Å². The van der Waals surface area contributed by atoms with Gasteiger partial charge in [-0.25, -0.2) is 0 Å². The summed E-state index contributed by atoms with van der Waals surface area (Å²) in [6.07, 6.45) is 6.02. The molecule has 2 heteroatoms. The summed E-state index contributed by atoms with van der Waals surface area (Å²) in [4.78, 5) is 2.40. The summed E-state index contributed by atoms with van der Waals surface area (Å²) in [5.74, 6) is 0.866. The van der Waals surface area contributed by atoms with Crippen LogP contribution in [0, 0.1) is 17.2 Å². The van der Waals surface area contributed by atoms with Crippen LogP contribution in [0.1, 0.15) is 46.0 Å². The molecule has 0 heterocycles. The molecule has 0 amide bonds. The van der Waals surface area contributed by atoms with E-state index in [9.17, 15) is 0 Å². The molecule has 14 heavy (non-hydrogen) atoms. The molecule has 3 unspecified atom stereocenters. The SMILES string of the molecule is CC1CCCC(N(C)C(C)CC#N)C1. The van der Waals surface area contributed by atoms with Gasteiger partial charge in [-0.3, -0.25) is 4.90 Å². The van der Waals surface area contributed by atoms with E-state index in [1.165, 1.54) is 25.7 Å². The average molecular weight is 194 g/mol. The largest absolute Gasteiger partial charge is 0.300 e. The van der Waals surface area contributed by atoms with Crippen LogP contribution in [0.2, 0.25) is 0 Å². The lowest BCUT2D eigenvalue weighted by Crippen LogP contribution is -2.41. The Hall–Kier alpha value is -0.550. The van der Waals surface area contributed by atoms with Crippen molar-refractivity contribution in [2.24, 2.45) is 5.92 Å². The summed E-state index contributed by atoms with van der Waals surface area (Å²) in [7, 11) is 2.17. The van der Waals surface area contributed by atoms with E-state index in [-0.39, 0.29) is 0 Å². The summed E-state index contributed by atoms with van der Waals surface area (Å²) in [6.45, 7) is 4.50. The lowest BCUT2D eigenvalue weighted by molar-refractivity contribution is 0.127. The quantitative estimate of drug-likeness (QED) is 0.690. The zero-order chi connectivity index (χ0) is 10.6. The molecule has 0 saturated heterocycles. The Balaban J connectivity index is 2.43. The van der Waals surface area contributed by atoms with Crippen LogP contribution in [-0.4, -0.2) is 24.0 Å². The van der Waals surface area contributed by atoms with E-state index < -0.39 is 0 Å². The van der Waals surface area contributed by atoms with E-state index in [4.69, 9.17) is 5.26 Å². The molecule has 0 spiro atoms. The highest BCUT2D eigenvalue weighted by Crippen LogP contribution is 2.27. The summed E-state index contributed by atoms with van der Waals surface area (Å²) >= 11 is 0. The van der Waals surface area contributed by atoms with Gasteiger partial charge >= 0.3 is 0 Å². The molecule has 3 atom stereocenters. The molecule has 1 fully saturated rings. The summed E-state index contributed by atoms with van der Waals surface area (Å²) in [5, 5.41) is 8.66. The van der Waals surface area contributed by atoms with Gasteiger partial charge in [0.25, 0.3) is 0 Å². The van der Waals surface area contributed by atoms with Crippen molar-refractivity contribution in [3.05, 3.63) is 0 Å². The van der Waals surface area contributed by atoms with Gasteiger partial charge in [0.15, 0.2) is 0 Å². The Bertz CT molecular complexity index is 207. The number of hydrogen-bond donors (Lipinski definition) is 0. The molecule has 0 bridgehead atoms. The van der Waals surface area contributed by atoms with Gasteiger partial charge in [0.05, 0.1) is 12.5 Å². The van der Waals surface area contributed by atoms with Gasteiger partial charge in [0.1, 0.15) is 0 Å². The Morgan fingerprint density at radius 3 is 2.79 bits per heavy atom. The van der Waals surface area contributed by atoms with Crippen LogP contribution in [0.3, 0.4) is 0 Å². The van der Waals surface area contributed by atoms with Crippen LogP contribution in [0.25, 0.3) is 0 Å². The third-order valence-electron chi connectivity index (χ3n) is 3.57. The van der Waals surface area contributed by atoms with Gasteiger partial charge in [-0.1, -0.05) is 19.8 Å². The van der Waals surface area contributed by atoms with Crippen molar-refractivity contribution in [1.29, 1.82) is 5.26 Å². The number of nitrogens with zero attached hydrogens (tertiary/aromatic N) is 2. The van der Waals surface area contributed by atoms with Crippen LogP contribution >= 0.6 is 0 Å². The molecule has 0 aromatic rings. The van der Waals surface area contributed by atoms with Crippen molar-refractivity contribution >= 4 is 0 Å². The highest BCUT2D eigenvalue weighted by Gasteiger charge is 2.24. The first-order chi connectivity index (χ1) is 6.65. The summed E-state index contributed by atoms with van der Waals surface area (Å²) in [5.41, 5.74) is 0. The molecule has 0 aromatic heterocycles. The zero-order valence-electron chi connectivity index (χ0n) is 9.66. The van der Waals surface area contributed by atoms with E-state index >= 15 is 0 Å². The minimum Gasteiger partial charge on any atom is -0.300 e. The molecule has 1 aliphatic rings. The van der Waals surface area contributed by atoms with Gasteiger partial charge in [-0.2, -0.15) is 5.26 Å². The number of hydrogen-bond acceptors (Lipinski definition) is 2. The van der Waals surface area contributed by atoms with Crippen LogP contribution in [0.15, 0.2) is 0 Å². The lowest BCUT2D eigenvalue weighted by atomic mass is 9.86. The Morgan fingerprint density at radius 2 is 2.21 bits per heavy atom. The maximum absolute atomic E-state index is 8.66. The highest BCUT2D eigenvalue weighted by atomic mass is 15.2. The number of nitriles is 1. The van der Waals surface area contributed by atoms with E-state index in [0.717, 1.165) is 5.92 Å². The first kappa shape index (κ1) is 11.5. The van der Waals surface area contributed by atoms with Crippen LogP contribution < -0.4 is 0 Å². The van der Waals surface area contributed by atoms with Crippen molar-refractivity contribution < 1.29 is 0 Å². The predicted molar refractivity (Wildman–Crippen MR) is 58.9 cm³/mol. The standard InChI is InChI=1S/C12H22N2/c1-10-5-4-6-12(9-10)14(3)11(2)7-8-13/h10-12H,4-7,9H2,1-3H3. The molecule has 1 rings (SSSR count). The Morgan fingerprint density at radius 1 is 1.50 bits per heavy atom. The third kappa shape index (κ3) is 2.99. The van der Waals surface area contributed by atoms with E-state index in [1.807, 2.05) is 0 Å². The number of rotatable bonds is 3. The second-order valence-electron chi connectivity index (χ2n) is 4.80. The molecule has 2 nitrogen and oxygen atoms in total. The molecule has 0 N–H and O–H groups in total. The molecule has 0 aromatic carbocycles. The molecule has 0 radical (unpaired) electrons. The maximum Gasteiger partial charge on any atom is 0.0638 e. The second kappa shape index (κ2) is 5.36. The first-order valence-electron chi connectivity index (χ1n) is 5.74. The van der Waals surface area contributed by atoms with Crippen molar-refractivity contribution in [1.82, 2.24) is 4.90 Å². The summed E-state index contributed by atoms with van der Waals surface area (Å²) in [6, 6.07) is 3.38. The summed E-state index contributed by atoms with van der Waals surface area (Å²) < 4.78 is 0.